The molecule has 0 spiro atoms. The van der Waals surface area contributed by atoms with E-state index in [2.05, 4.69) is 15.0 Å². The number of primary amides is 1. The van der Waals surface area contributed by atoms with Gasteiger partial charge in [0.2, 0.25) is 5.91 Å². The summed E-state index contributed by atoms with van der Waals surface area (Å²) in [6, 6.07) is 6.68. The SMILES string of the molecule is COC(=O)c1ccc(Nc2cc(C(N)=O)ccc2F)nc1. The Kier molecular flexibility index (Phi) is 4.13. The number of amides is 1. The minimum absolute atomic E-state index is 0.0598. The van der Waals surface area contributed by atoms with Crippen molar-refractivity contribution in [1.29, 1.82) is 0 Å². The molecule has 2 aromatic rings. The molecule has 0 bridgehead atoms. The number of hydrogen-bond acceptors (Lipinski definition) is 5. The summed E-state index contributed by atoms with van der Waals surface area (Å²) >= 11 is 0. The van der Waals surface area contributed by atoms with Gasteiger partial charge in [-0.3, -0.25) is 4.79 Å². The molecule has 0 saturated heterocycles. The van der Waals surface area contributed by atoms with E-state index in [4.69, 9.17) is 5.73 Å². The lowest BCUT2D eigenvalue weighted by molar-refractivity contribution is 0.0600. The number of esters is 1. The van der Waals surface area contributed by atoms with E-state index in [1.165, 1.54) is 37.6 Å². The van der Waals surface area contributed by atoms with Crippen molar-refractivity contribution in [2.75, 3.05) is 12.4 Å². The first-order chi connectivity index (χ1) is 10.0. The highest BCUT2D eigenvalue weighted by atomic mass is 19.1. The number of carbonyl (C=O) groups is 2. The third-order valence-electron chi connectivity index (χ3n) is 2.70. The van der Waals surface area contributed by atoms with Gasteiger partial charge in [-0.25, -0.2) is 14.2 Å². The number of rotatable bonds is 4. The molecular formula is C14H12FN3O3. The molecule has 3 N–H and O–H groups in total. The van der Waals surface area contributed by atoms with E-state index in [0.29, 0.717) is 5.82 Å². The van der Waals surface area contributed by atoms with E-state index in [1.54, 1.807) is 0 Å². The zero-order chi connectivity index (χ0) is 15.4. The number of hydrogen-bond donors (Lipinski definition) is 2. The van der Waals surface area contributed by atoms with Crippen molar-refractivity contribution in [1.82, 2.24) is 4.98 Å². The zero-order valence-electron chi connectivity index (χ0n) is 11.1. The van der Waals surface area contributed by atoms with E-state index < -0.39 is 17.7 Å². The molecule has 0 atom stereocenters. The minimum atomic E-state index is -0.660. The molecule has 1 aromatic carbocycles. The van der Waals surface area contributed by atoms with Crippen LogP contribution in [-0.4, -0.2) is 24.0 Å². The Hall–Kier alpha value is -2.96. The fourth-order valence-corrected chi connectivity index (χ4v) is 1.62. The van der Waals surface area contributed by atoms with Crippen LogP contribution in [0.5, 0.6) is 0 Å². The molecule has 1 heterocycles. The lowest BCUT2D eigenvalue weighted by Crippen LogP contribution is -2.11. The van der Waals surface area contributed by atoms with Crippen LogP contribution in [0.25, 0.3) is 0 Å². The maximum atomic E-state index is 13.7. The highest BCUT2D eigenvalue weighted by molar-refractivity contribution is 5.94. The van der Waals surface area contributed by atoms with Gasteiger partial charge in [-0.15, -0.1) is 0 Å². The molecule has 0 aliphatic rings. The van der Waals surface area contributed by atoms with Crippen LogP contribution in [0.4, 0.5) is 15.9 Å². The lowest BCUT2D eigenvalue weighted by atomic mass is 10.2. The molecule has 0 fully saturated rings. The average Bonchev–Trinajstić information content (AvgIpc) is 2.49. The Balaban J connectivity index is 2.23. The van der Waals surface area contributed by atoms with Gasteiger partial charge in [0.25, 0.3) is 0 Å². The zero-order valence-corrected chi connectivity index (χ0v) is 11.1. The Bertz CT molecular complexity index is 686. The predicted octanol–water partition coefficient (Wildman–Crippen LogP) is 1.85. The molecule has 108 valence electrons. The molecule has 7 heteroatoms. The van der Waals surface area contributed by atoms with Crippen LogP contribution in [0.1, 0.15) is 20.7 Å². The van der Waals surface area contributed by atoms with E-state index >= 15 is 0 Å². The van der Waals surface area contributed by atoms with Crippen molar-refractivity contribution in [3.8, 4) is 0 Å². The first kappa shape index (κ1) is 14.4. The molecule has 2 rings (SSSR count). The van der Waals surface area contributed by atoms with Gasteiger partial charge in [-0.2, -0.15) is 0 Å². The third kappa shape index (κ3) is 3.33. The molecule has 0 aliphatic heterocycles. The number of benzene rings is 1. The number of methoxy groups -OCH3 is 1. The number of anilines is 2. The molecule has 0 saturated carbocycles. The second-order valence-electron chi connectivity index (χ2n) is 4.11. The monoisotopic (exact) mass is 289 g/mol. The van der Waals surface area contributed by atoms with Gasteiger partial charge in [-0.1, -0.05) is 0 Å². The molecule has 21 heavy (non-hydrogen) atoms. The van der Waals surface area contributed by atoms with Gasteiger partial charge in [-0.05, 0) is 30.3 Å². The Labute approximate surface area is 119 Å². The third-order valence-corrected chi connectivity index (χ3v) is 2.70. The maximum absolute atomic E-state index is 13.7. The summed E-state index contributed by atoms with van der Waals surface area (Å²) in [7, 11) is 1.26. The molecule has 1 amide bonds. The van der Waals surface area contributed by atoms with Gasteiger partial charge < -0.3 is 15.8 Å². The number of ether oxygens (including phenoxy) is 1. The molecule has 1 aromatic heterocycles. The van der Waals surface area contributed by atoms with Crippen LogP contribution in [0.15, 0.2) is 36.5 Å². The number of aromatic nitrogens is 1. The molecular weight excluding hydrogens is 277 g/mol. The van der Waals surface area contributed by atoms with Gasteiger partial charge in [0, 0.05) is 11.8 Å². The largest absolute Gasteiger partial charge is 0.465 e. The highest BCUT2D eigenvalue weighted by Gasteiger charge is 2.09. The number of carbonyl (C=O) groups excluding carboxylic acids is 2. The van der Waals surface area contributed by atoms with Gasteiger partial charge in [0.1, 0.15) is 11.6 Å². The van der Waals surface area contributed by atoms with Crippen molar-refractivity contribution < 1.29 is 18.7 Å². The number of nitrogens with zero attached hydrogens (tertiary/aromatic N) is 1. The highest BCUT2D eigenvalue weighted by Crippen LogP contribution is 2.20. The second-order valence-corrected chi connectivity index (χ2v) is 4.11. The van der Waals surface area contributed by atoms with Crippen LogP contribution in [0, 0.1) is 5.82 Å². The Morgan fingerprint density at radius 1 is 1.24 bits per heavy atom. The average molecular weight is 289 g/mol. The van der Waals surface area contributed by atoms with E-state index in [0.717, 1.165) is 6.07 Å². The fourth-order valence-electron chi connectivity index (χ4n) is 1.62. The summed E-state index contributed by atoms with van der Waals surface area (Å²) in [5.41, 5.74) is 5.64. The first-order valence-electron chi connectivity index (χ1n) is 5.92. The topological polar surface area (TPSA) is 94.3 Å². The maximum Gasteiger partial charge on any atom is 0.339 e. The summed E-state index contributed by atoms with van der Waals surface area (Å²) in [5, 5.41) is 2.71. The van der Waals surface area contributed by atoms with Gasteiger partial charge in [0.15, 0.2) is 0 Å². The van der Waals surface area contributed by atoms with E-state index in [1.807, 2.05) is 0 Å². The second kappa shape index (κ2) is 6.00. The summed E-state index contributed by atoms with van der Waals surface area (Å²) in [5.74, 6) is -1.43. The summed E-state index contributed by atoms with van der Waals surface area (Å²) in [6.45, 7) is 0. The summed E-state index contributed by atoms with van der Waals surface area (Å²) in [4.78, 5) is 26.3. The minimum Gasteiger partial charge on any atom is -0.465 e. The Morgan fingerprint density at radius 3 is 2.52 bits per heavy atom. The Morgan fingerprint density at radius 2 is 1.95 bits per heavy atom. The number of nitrogens with two attached hydrogens (primary N) is 1. The number of halogens is 1. The predicted molar refractivity (Wildman–Crippen MR) is 73.8 cm³/mol. The van der Waals surface area contributed by atoms with E-state index in [9.17, 15) is 14.0 Å². The summed E-state index contributed by atoms with van der Waals surface area (Å²) in [6.07, 6.45) is 1.30. The standard InChI is InChI=1S/C14H12FN3O3/c1-21-14(20)9-3-5-12(17-7-9)18-11-6-8(13(16)19)2-4-10(11)15/h2-7H,1H3,(H2,16,19)(H,17,18). The van der Waals surface area contributed by atoms with Crippen molar-refractivity contribution in [3.63, 3.8) is 0 Å². The fraction of sp³-hybridized carbons (Fsp3) is 0.0714. The van der Waals surface area contributed by atoms with Crippen molar-refractivity contribution >= 4 is 23.4 Å². The first-order valence-corrected chi connectivity index (χ1v) is 5.92. The number of nitrogens with one attached hydrogen (secondary N) is 1. The molecule has 0 unspecified atom stereocenters. The quantitative estimate of drug-likeness (QED) is 0.838. The normalized spacial score (nSPS) is 10.0. The van der Waals surface area contributed by atoms with Crippen molar-refractivity contribution in [3.05, 3.63) is 53.5 Å². The van der Waals surface area contributed by atoms with Crippen molar-refractivity contribution in [2.45, 2.75) is 0 Å². The van der Waals surface area contributed by atoms with Crippen LogP contribution in [-0.2, 0) is 4.74 Å². The van der Waals surface area contributed by atoms with E-state index in [-0.39, 0.29) is 16.8 Å². The molecule has 0 aliphatic carbocycles. The van der Waals surface area contributed by atoms with Crippen LogP contribution in [0.2, 0.25) is 0 Å². The van der Waals surface area contributed by atoms with Crippen LogP contribution in [0.3, 0.4) is 0 Å². The van der Waals surface area contributed by atoms with Crippen molar-refractivity contribution in [2.24, 2.45) is 5.73 Å². The number of pyridine rings is 1. The molecule has 0 radical (unpaired) electrons. The van der Waals surface area contributed by atoms with Crippen LogP contribution >= 0.6 is 0 Å². The van der Waals surface area contributed by atoms with Gasteiger partial charge >= 0.3 is 5.97 Å². The lowest BCUT2D eigenvalue weighted by Gasteiger charge is -2.08. The van der Waals surface area contributed by atoms with Crippen LogP contribution < -0.4 is 11.1 Å². The van der Waals surface area contributed by atoms with Gasteiger partial charge in [0.05, 0.1) is 18.4 Å². The summed E-state index contributed by atoms with van der Waals surface area (Å²) < 4.78 is 18.2. The molecule has 6 nitrogen and oxygen atoms in total. The smallest absolute Gasteiger partial charge is 0.339 e.